The zero-order valence-electron chi connectivity index (χ0n) is 19.2. The monoisotopic (exact) mass is 453 g/mol. The number of aryl methyl sites for hydroxylation is 1. The van der Waals surface area contributed by atoms with Gasteiger partial charge in [0.15, 0.2) is 5.82 Å². The number of rotatable bonds is 3. The van der Waals surface area contributed by atoms with Crippen molar-refractivity contribution >= 4 is 27.4 Å². The van der Waals surface area contributed by atoms with E-state index in [1.165, 1.54) is 32.7 Å². The fourth-order valence-electron chi connectivity index (χ4n) is 5.83. The first-order valence-electron chi connectivity index (χ1n) is 11.9. The molecule has 6 heteroatoms. The van der Waals surface area contributed by atoms with Crippen LogP contribution in [0.1, 0.15) is 35.4 Å². The van der Waals surface area contributed by atoms with Crippen molar-refractivity contribution in [2.24, 2.45) is 0 Å². The molecule has 34 heavy (non-hydrogen) atoms. The van der Waals surface area contributed by atoms with Crippen LogP contribution in [-0.4, -0.2) is 30.0 Å². The van der Waals surface area contributed by atoms with Gasteiger partial charge in [-0.15, -0.1) is 0 Å². The van der Waals surface area contributed by atoms with Gasteiger partial charge in [0, 0.05) is 25.7 Å². The number of hydrogen-bond donors (Lipinski definition) is 0. The molecular formula is C28H27N3O3. The van der Waals surface area contributed by atoms with Gasteiger partial charge in [-0.2, -0.15) is 0 Å². The number of anilines is 1. The molecule has 0 spiro atoms. The van der Waals surface area contributed by atoms with Gasteiger partial charge in [0.25, 0.3) is 6.20 Å². The molecule has 1 saturated heterocycles. The topological polar surface area (TPSA) is 62.8 Å². The Morgan fingerprint density at radius 3 is 2.76 bits per heavy atom. The van der Waals surface area contributed by atoms with Crippen molar-refractivity contribution in [3.63, 3.8) is 0 Å². The number of hydrogen-bond acceptors (Lipinski definition) is 5. The average Bonchev–Trinajstić information content (AvgIpc) is 3.34. The fraction of sp³-hybridized carbons (Fsp3) is 0.286. The van der Waals surface area contributed by atoms with Crippen molar-refractivity contribution in [3.05, 3.63) is 99.7 Å². The molecule has 2 heterocycles. The lowest BCUT2D eigenvalue weighted by Crippen LogP contribution is -2.41. The predicted molar refractivity (Wildman–Crippen MR) is 135 cm³/mol. The lowest BCUT2D eigenvalue weighted by Gasteiger charge is -2.36. The highest BCUT2D eigenvalue weighted by atomic mass is 16.6. The molecule has 1 unspecified atom stereocenters. The molecule has 6 nitrogen and oxygen atoms in total. The summed E-state index contributed by atoms with van der Waals surface area (Å²) in [7, 11) is 1.90. The SMILES string of the molecule is CN1CCCN(c2occc2C2CCc3ccc4c(ccc5ccccc54)c3C2)C1=C[N+](=O)[O-]. The summed E-state index contributed by atoms with van der Waals surface area (Å²) in [4.78, 5) is 14.9. The molecule has 0 amide bonds. The Morgan fingerprint density at radius 2 is 1.88 bits per heavy atom. The van der Waals surface area contributed by atoms with Crippen LogP contribution in [0.5, 0.6) is 0 Å². The van der Waals surface area contributed by atoms with Crippen LogP contribution in [0.4, 0.5) is 5.88 Å². The molecule has 0 radical (unpaired) electrons. The summed E-state index contributed by atoms with van der Waals surface area (Å²) in [6, 6.07) is 19.7. The zero-order valence-corrected chi connectivity index (χ0v) is 19.2. The van der Waals surface area contributed by atoms with Crippen molar-refractivity contribution in [3.8, 4) is 0 Å². The van der Waals surface area contributed by atoms with Crippen molar-refractivity contribution in [2.45, 2.75) is 31.6 Å². The van der Waals surface area contributed by atoms with E-state index < -0.39 is 0 Å². The van der Waals surface area contributed by atoms with E-state index in [0.717, 1.165) is 49.9 Å². The van der Waals surface area contributed by atoms with Gasteiger partial charge in [-0.3, -0.25) is 15.0 Å². The van der Waals surface area contributed by atoms with Gasteiger partial charge < -0.3 is 9.32 Å². The number of nitrogens with zero attached hydrogens (tertiary/aromatic N) is 3. The van der Waals surface area contributed by atoms with Crippen LogP contribution in [0.25, 0.3) is 21.5 Å². The summed E-state index contributed by atoms with van der Waals surface area (Å²) < 4.78 is 5.99. The maximum atomic E-state index is 11.3. The lowest BCUT2D eigenvalue weighted by molar-refractivity contribution is -0.404. The highest BCUT2D eigenvalue weighted by Gasteiger charge is 2.31. The van der Waals surface area contributed by atoms with Crippen LogP contribution in [-0.2, 0) is 12.8 Å². The normalized spacial score (nSPS) is 19.7. The van der Waals surface area contributed by atoms with Crippen LogP contribution in [0.15, 0.2) is 77.3 Å². The molecule has 2 aliphatic rings. The first kappa shape index (κ1) is 20.8. The van der Waals surface area contributed by atoms with E-state index in [0.29, 0.717) is 18.3 Å². The molecule has 3 aromatic carbocycles. The lowest BCUT2D eigenvalue weighted by atomic mass is 9.78. The smallest absolute Gasteiger partial charge is 0.274 e. The molecule has 6 rings (SSSR count). The molecule has 172 valence electrons. The molecule has 0 N–H and O–H groups in total. The molecule has 1 atom stereocenters. The quantitative estimate of drug-likeness (QED) is 0.214. The van der Waals surface area contributed by atoms with Crippen LogP contribution >= 0.6 is 0 Å². The van der Waals surface area contributed by atoms with Crippen LogP contribution in [0, 0.1) is 10.1 Å². The van der Waals surface area contributed by atoms with Gasteiger partial charge in [0.2, 0.25) is 5.88 Å². The number of benzene rings is 3. The predicted octanol–water partition coefficient (Wildman–Crippen LogP) is 6.08. The van der Waals surface area contributed by atoms with Crippen molar-refractivity contribution < 1.29 is 9.34 Å². The Kier molecular flexibility index (Phi) is 5.01. The molecule has 1 fully saturated rings. The van der Waals surface area contributed by atoms with Crippen molar-refractivity contribution in [1.29, 1.82) is 0 Å². The van der Waals surface area contributed by atoms with Crippen LogP contribution in [0.3, 0.4) is 0 Å². The fourth-order valence-corrected chi connectivity index (χ4v) is 5.83. The Balaban J connectivity index is 1.40. The number of fused-ring (bicyclic) bond motifs is 5. The molecule has 1 aliphatic carbocycles. The maximum absolute atomic E-state index is 11.3. The van der Waals surface area contributed by atoms with E-state index in [1.54, 1.807) is 6.26 Å². The molecule has 1 aliphatic heterocycles. The van der Waals surface area contributed by atoms with E-state index in [1.807, 2.05) is 16.8 Å². The molecule has 1 aromatic heterocycles. The minimum absolute atomic E-state index is 0.308. The largest absolute Gasteiger partial charge is 0.448 e. The van der Waals surface area contributed by atoms with Gasteiger partial charge >= 0.3 is 0 Å². The summed E-state index contributed by atoms with van der Waals surface area (Å²) in [5, 5.41) is 16.5. The summed E-state index contributed by atoms with van der Waals surface area (Å²) in [5.41, 5.74) is 3.99. The standard InChI is InChI=1S/C28H27N3O3/c1-29-14-4-15-30(27(29)18-31(32)33)28-23(13-16-34-28)21-8-7-20-10-11-24-22-6-3-2-5-19(22)9-12-25(24)26(20)17-21/h2-3,5-6,9-13,16,18,21H,4,7-8,14-15,17H2,1H3. The van der Waals surface area contributed by atoms with E-state index in [2.05, 4.69) is 54.6 Å². The van der Waals surface area contributed by atoms with Crippen LogP contribution < -0.4 is 4.90 Å². The van der Waals surface area contributed by atoms with Gasteiger partial charge in [-0.25, -0.2) is 0 Å². The zero-order chi connectivity index (χ0) is 23.2. The Hall–Kier alpha value is -3.80. The van der Waals surface area contributed by atoms with Crippen molar-refractivity contribution in [1.82, 2.24) is 4.90 Å². The second-order valence-electron chi connectivity index (χ2n) is 9.41. The summed E-state index contributed by atoms with van der Waals surface area (Å²) in [6.45, 7) is 1.51. The highest BCUT2D eigenvalue weighted by molar-refractivity contribution is 6.08. The molecule has 0 saturated carbocycles. The Labute approximate surface area is 198 Å². The summed E-state index contributed by atoms with van der Waals surface area (Å²) >= 11 is 0. The first-order chi connectivity index (χ1) is 16.6. The second-order valence-corrected chi connectivity index (χ2v) is 9.41. The average molecular weight is 454 g/mol. The van der Waals surface area contributed by atoms with E-state index >= 15 is 0 Å². The third kappa shape index (κ3) is 3.41. The number of furan rings is 1. The van der Waals surface area contributed by atoms with Gasteiger partial charge in [0.05, 0.1) is 11.2 Å². The second kappa shape index (κ2) is 8.20. The third-order valence-corrected chi connectivity index (χ3v) is 7.47. The van der Waals surface area contributed by atoms with Gasteiger partial charge in [-0.1, -0.05) is 48.5 Å². The Bertz CT molecular complexity index is 1440. The van der Waals surface area contributed by atoms with Gasteiger partial charge in [-0.05, 0) is 70.3 Å². The number of nitro groups is 1. The third-order valence-electron chi connectivity index (χ3n) is 7.47. The summed E-state index contributed by atoms with van der Waals surface area (Å²) in [6.07, 6.45) is 6.75. The maximum Gasteiger partial charge on any atom is 0.274 e. The highest BCUT2D eigenvalue weighted by Crippen LogP contribution is 2.42. The van der Waals surface area contributed by atoms with Crippen molar-refractivity contribution in [2.75, 3.05) is 25.0 Å². The van der Waals surface area contributed by atoms with E-state index in [4.69, 9.17) is 4.42 Å². The van der Waals surface area contributed by atoms with E-state index in [-0.39, 0.29) is 4.92 Å². The molecular weight excluding hydrogens is 426 g/mol. The first-order valence-corrected chi connectivity index (χ1v) is 11.9. The minimum atomic E-state index is -0.375. The molecule has 4 aromatic rings. The Morgan fingerprint density at radius 1 is 1.03 bits per heavy atom. The minimum Gasteiger partial charge on any atom is -0.448 e. The van der Waals surface area contributed by atoms with E-state index in [9.17, 15) is 10.1 Å². The van der Waals surface area contributed by atoms with Crippen LogP contribution in [0.2, 0.25) is 0 Å². The van der Waals surface area contributed by atoms with Gasteiger partial charge in [0.1, 0.15) is 0 Å². The summed E-state index contributed by atoms with van der Waals surface area (Å²) in [5.74, 6) is 1.64. The molecule has 0 bridgehead atoms.